The number of ether oxygens (including phenoxy) is 2. The predicted octanol–water partition coefficient (Wildman–Crippen LogP) is 2.95. The normalized spacial score (nSPS) is 13.3. The van der Waals surface area contributed by atoms with E-state index in [0.29, 0.717) is 0 Å². The van der Waals surface area contributed by atoms with Crippen LogP contribution in [0.3, 0.4) is 0 Å². The summed E-state index contributed by atoms with van der Waals surface area (Å²) in [6.07, 6.45) is 5.48. The fourth-order valence-electron chi connectivity index (χ4n) is 2.58. The van der Waals surface area contributed by atoms with Gasteiger partial charge in [0.05, 0.1) is 24.9 Å². The monoisotopic (exact) mass is 266 g/mol. The van der Waals surface area contributed by atoms with Gasteiger partial charge in [0.1, 0.15) is 5.75 Å². The molecular formula is C15H26N2O2. The Labute approximate surface area is 116 Å². The Hall–Kier alpha value is -1.13. The van der Waals surface area contributed by atoms with Crippen molar-refractivity contribution in [2.75, 3.05) is 20.8 Å². The molecule has 0 aliphatic rings. The molecule has 0 amide bonds. The second-order valence-corrected chi connectivity index (χ2v) is 4.62. The van der Waals surface area contributed by atoms with Crippen LogP contribution in [0.25, 0.3) is 0 Å². The van der Waals surface area contributed by atoms with Crippen molar-refractivity contribution in [3.63, 3.8) is 0 Å². The molecule has 0 fully saturated rings. The Kier molecular flexibility index (Phi) is 6.25. The van der Waals surface area contributed by atoms with E-state index in [1.807, 2.05) is 12.3 Å². The molecule has 1 N–H and O–H groups in total. The zero-order chi connectivity index (χ0) is 14.3. The number of methoxy groups -OCH3 is 2. The summed E-state index contributed by atoms with van der Waals surface area (Å²) in [5, 5.41) is 3.52. The Morgan fingerprint density at radius 1 is 1.21 bits per heavy atom. The number of likely N-dealkylation sites (N-methyl/N-ethyl adjacent to an activating group) is 1. The number of rotatable bonds is 8. The molecule has 1 rings (SSSR count). The Morgan fingerprint density at radius 3 is 2.37 bits per heavy atom. The van der Waals surface area contributed by atoms with Gasteiger partial charge in [-0.05, 0) is 31.0 Å². The molecule has 1 unspecified atom stereocenters. The van der Waals surface area contributed by atoms with Gasteiger partial charge in [0.2, 0.25) is 0 Å². The van der Waals surface area contributed by atoms with Gasteiger partial charge < -0.3 is 14.8 Å². The smallest absolute Gasteiger partial charge is 0.137 e. The number of nitrogens with zero attached hydrogens (tertiary/aromatic N) is 1. The van der Waals surface area contributed by atoms with Crippen molar-refractivity contribution in [3.05, 3.63) is 24.0 Å². The molecule has 0 saturated carbocycles. The lowest BCUT2D eigenvalue weighted by Crippen LogP contribution is -2.44. The molecule has 1 aromatic heterocycles. The average molecular weight is 266 g/mol. The summed E-state index contributed by atoms with van der Waals surface area (Å²) in [7, 11) is 3.44. The zero-order valence-electron chi connectivity index (χ0n) is 12.7. The van der Waals surface area contributed by atoms with Crippen molar-refractivity contribution < 1.29 is 9.47 Å². The highest BCUT2D eigenvalue weighted by molar-refractivity contribution is 5.28. The molecule has 1 heterocycles. The van der Waals surface area contributed by atoms with Gasteiger partial charge in [-0.25, -0.2) is 0 Å². The lowest BCUT2D eigenvalue weighted by atomic mass is 9.84. The molecule has 0 aromatic carbocycles. The standard InChI is InChI=1S/C15H26N2O2/c1-6-15(7-2,19-5)14(17-8-3)12-9-13(18-4)11-16-10-12/h9-11,14,17H,6-8H2,1-5H3. The first-order valence-corrected chi connectivity index (χ1v) is 6.94. The minimum atomic E-state index is -0.218. The SMILES string of the molecule is CCNC(c1cncc(OC)c1)C(CC)(CC)OC. The minimum absolute atomic E-state index is 0.111. The Balaban J connectivity index is 3.17. The van der Waals surface area contributed by atoms with E-state index >= 15 is 0 Å². The molecule has 0 saturated heterocycles. The van der Waals surface area contributed by atoms with Crippen LogP contribution in [0.1, 0.15) is 45.2 Å². The fourth-order valence-corrected chi connectivity index (χ4v) is 2.58. The third-order valence-corrected chi connectivity index (χ3v) is 3.84. The molecule has 1 atom stereocenters. The van der Waals surface area contributed by atoms with E-state index in [9.17, 15) is 0 Å². The van der Waals surface area contributed by atoms with E-state index in [-0.39, 0.29) is 11.6 Å². The van der Waals surface area contributed by atoms with E-state index in [4.69, 9.17) is 9.47 Å². The third kappa shape index (κ3) is 3.45. The first kappa shape index (κ1) is 15.9. The van der Waals surface area contributed by atoms with Gasteiger partial charge in [-0.3, -0.25) is 4.98 Å². The summed E-state index contributed by atoms with van der Waals surface area (Å²) >= 11 is 0. The lowest BCUT2D eigenvalue weighted by molar-refractivity contribution is -0.0483. The van der Waals surface area contributed by atoms with Gasteiger partial charge >= 0.3 is 0 Å². The van der Waals surface area contributed by atoms with Crippen molar-refractivity contribution in [2.24, 2.45) is 0 Å². The van der Waals surface area contributed by atoms with Gasteiger partial charge in [0, 0.05) is 13.3 Å². The predicted molar refractivity (Wildman–Crippen MR) is 77.5 cm³/mol. The van der Waals surface area contributed by atoms with Crippen LogP contribution in [-0.4, -0.2) is 31.3 Å². The first-order chi connectivity index (χ1) is 9.17. The van der Waals surface area contributed by atoms with Gasteiger partial charge in [-0.2, -0.15) is 0 Å². The van der Waals surface area contributed by atoms with E-state index in [1.165, 1.54) is 0 Å². The maximum absolute atomic E-state index is 5.85. The zero-order valence-corrected chi connectivity index (χ0v) is 12.7. The number of hydrogen-bond acceptors (Lipinski definition) is 4. The van der Waals surface area contributed by atoms with Gasteiger partial charge in [-0.15, -0.1) is 0 Å². The molecular weight excluding hydrogens is 240 g/mol. The number of pyridine rings is 1. The van der Waals surface area contributed by atoms with Crippen LogP contribution in [0.2, 0.25) is 0 Å². The summed E-state index contributed by atoms with van der Waals surface area (Å²) < 4.78 is 11.1. The van der Waals surface area contributed by atoms with Crippen LogP contribution in [0.15, 0.2) is 18.5 Å². The quantitative estimate of drug-likeness (QED) is 0.785. The molecule has 0 spiro atoms. The van der Waals surface area contributed by atoms with Crippen molar-refractivity contribution >= 4 is 0 Å². The number of aromatic nitrogens is 1. The van der Waals surface area contributed by atoms with Gasteiger partial charge in [0.25, 0.3) is 0 Å². The lowest BCUT2D eigenvalue weighted by Gasteiger charge is -2.39. The van der Waals surface area contributed by atoms with Crippen LogP contribution < -0.4 is 10.1 Å². The van der Waals surface area contributed by atoms with Crippen molar-refractivity contribution in [1.29, 1.82) is 0 Å². The summed E-state index contributed by atoms with van der Waals surface area (Å²) in [6.45, 7) is 7.30. The van der Waals surface area contributed by atoms with Crippen LogP contribution >= 0.6 is 0 Å². The van der Waals surface area contributed by atoms with Crippen molar-refractivity contribution in [3.8, 4) is 5.75 Å². The Bertz CT molecular complexity index is 370. The van der Waals surface area contributed by atoms with Crippen LogP contribution in [0.4, 0.5) is 0 Å². The highest BCUT2D eigenvalue weighted by Gasteiger charge is 2.36. The van der Waals surface area contributed by atoms with E-state index < -0.39 is 0 Å². The summed E-state index contributed by atoms with van der Waals surface area (Å²) in [5.41, 5.74) is 0.885. The largest absolute Gasteiger partial charge is 0.495 e. The molecule has 0 aliphatic heterocycles. The topological polar surface area (TPSA) is 43.4 Å². The van der Waals surface area contributed by atoms with E-state index in [0.717, 1.165) is 30.7 Å². The van der Waals surface area contributed by atoms with Crippen molar-refractivity contribution in [1.82, 2.24) is 10.3 Å². The second-order valence-electron chi connectivity index (χ2n) is 4.62. The number of hydrogen-bond donors (Lipinski definition) is 1. The maximum Gasteiger partial charge on any atom is 0.137 e. The molecule has 0 bridgehead atoms. The molecule has 4 nitrogen and oxygen atoms in total. The molecule has 0 aliphatic carbocycles. The van der Waals surface area contributed by atoms with E-state index in [1.54, 1.807) is 20.4 Å². The highest BCUT2D eigenvalue weighted by atomic mass is 16.5. The Morgan fingerprint density at radius 2 is 1.89 bits per heavy atom. The first-order valence-electron chi connectivity index (χ1n) is 6.94. The summed E-state index contributed by atoms with van der Waals surface area (Å²) in [6, 6.07) is 2.14. The minimum Gasteiger partial charge on any atom is -0.495 e. The molecule has 19 heavy (non-hydrogen) atoms. The maximum atomic E-state index is 5.85. The van der Waals surface area contributed by atoms with Gasteiger partial charge in [0.15, 0.2) is 0 Å². The van der Waals surface area contributed by atoms with Gasteiger partial charge in [-0.1, -0.05) is 20.8 Å². The van der Waals surface area contributed by atoms with Crippen LogP contribution in [0.5, 0.6) is 5.75 Å². The molecule has 1 aromatic rings. The molecule has 0 radical (unpaired) electrons. The summed E-state index contributed by atoms with van der Waals surface area (Å²) in [4.78, 5) is 4.25. The van der Waals surface area contributed by atoms with E-state index in [2.05, 4.69) is 31.1 Å². The summed E-state index contributed by atoms with van der Waals surface area (Å²) in [5.74, 6) is 0.776. The fraction of sp³-hybridized carbons (Fsp3) is 0.667. The highest BCUT2D eigenvalue weighted by Crippen LogP contribution is 2.35. The van der Waals surface area contributed by atoms with Crippen LogP contribution in [-0.2, 0) is 4.74 Å². The molecule has 108 valence electrons. The third-order valence-electron chi connectivity index (χ3n) is 3.84. The second kappa shape index (κ2) is 7.46. The molecule has 4 heteroatoms. The van der Waals surface area contributed by atoms with Crippen molar-refractivity contribution in [2.45, 2.75) is 45.3 Å². The number of nitrogens with one attached hydrogen (secondary N) is 1. The van der Waals surface area contributed by atoms with Crippen LogP contribution in [0, 0.1) is 0 Å². The average Bonchev–Trinajstić information content (AvgIpc) is 2.48.